The van der Waals surface area contributed by atoms with Gasteiger partial charge in [0.05, 0.1) is 12.5 Å². The van der Waals surface area contributed by atoms with Crippen molar-refractivity contribution in [3.05, 3.63) is 0 Å². The topological polar surface area (TPSA) is 35.5 Å². The van der Waals surface area contributed by atoms with E-state index in [2.05, 4.69) is 71.1 Å². The van der Waals surface area contributed by atoms with Crippen molar-refractivity contribution < 1.29 is 14.0 Å². The van der Waals surface area contributed by atoms with Crippen LogP contribution in [0.15, 0.2) is 0 Å². The van der Waals surface area contributed by atoms with Crippen LogP contribution < -0.4 is 0 Å². The summed E-state index contributed by atoms with van der Waals surface area (Å²) < 4.78 is 12.9. The molecule has 0 N–H and O–H groups in total. The Bertz CT molecular complexity index is 376. The predicted molar refractivity (Wildman–Crippen MR) is 112 cm³/mol. The van der Waals surface area contributed by atoms with E-state index in [1.807, 2.05) is 0 Å². The lowest BCUT2D eigenvalue weighted by atomic mass is 10.0. The molecule has 142 valence electrons. The highest BCUT2D eigenvalue weighted by Crippen LogP contribution is 2.44. The summed E-state index contributed by atoms with van der Waals surface area (Å²) in [6, 6.07) is 0. The summed E-state index contributed by atoms with van der Waals surface area (Å²) in [6.07, 6.45) is 4.83. The smallest absolute Gasteiger partial charge is 0.308 e. The number of esters is 1. The molecular formula is C19H37IO3Si. The van der Waals surface area contributed by atoms with Crippen molar-refractivity contribution in [3.8, 4) is 0 Å². The maximum absolute atomic E-state index is 12.2. The van der Waals surface area contributed by atoms with Crippen LogP contribution in [0, 0.1) is 0 Å². The first-order chi connectivity index (χ1) is 11.1. The van der Waals surface area contributed by atoms with Gasteiger partial charge in [-0.1, -0.05) is 83.9 Å². The van der Waals surface area contributed by atoms with Crippen LogP contribution in [0.2, 0.25) is 16.6 Å². The molecule has 0 aromatic rings. The average molecular weight is 468 g/mol. The number of rotatable bonds is 9. The molecule has 0 saturated carbocycles. The Morgan fingerprint density at radius 3 is 2.17 bits per heavy atom. The van der Waals surface area contributed by atoms with Crippen LogP contribution in [0.1, 0.15) is 80.6 Å². The number of carbonyl (C=O) groups excluding carboxylic acids is 1. The third-order valence-electron chi connectivity index (χ3n) is 5.49. The zero-order chi connectivity index (χ0) is 18.5. The van der Waals surface area contributed by atoms with Crippen LogP contribution >= 0.6 is 22.6 Å². The van der Waals surface area contributed by atoms with Crippen molar-refractivity contribution in [3.63, 3.8) is 0 Å². The number of cyclic esters (lactones) is 1. The van der Waals surface area contributed by atoms with Gasteiger partial charge in [-0.25, -0.2) is 0 Å². The van der Waals surface area contributed by atoms with Crippen molar-refractivity contribution in [1.29, 1.82) is 0 Å². The SMILES string of the molecule is CCCC[C@@H](I)[C@@H]1C[C@H](O[Si](C(C)C)(C(C)C)C(C)C)CC(=O)O1. The molecule has 0 radical (unpaired) electrons. The maximum Gasteiger partial charge on any atom is 0.308 e. The first kappa shape index (κ1) is 22.4. The molecule has 24 heavy (non-hydrogen) atoms. The number of ether oxygens (including phenoxy) is 1. The first-order valence-corrected chi connectivity index (χ1v) is 13.0. The second-order valence-corrected chi connectivity index (χ2v) is 15.2. The van der Waals surface area contributed by atoms with Gasteiger partial charge >= 0.3 is 5.97 Å². The molecule has 1 aliphatic heterocycles. The zero-order valence-electron chi connectivity index (χ0n) is 16.6. The minimum absolute atomic E-state index is 0.0154. The lowest BCUT2D eigenvalue weighted by Gasteiger charge is -2.46. The molecule has 0 amide bonds. The standard InChI is InChI=1S/C19H37IO3Si/c1-8-9-10-17(20)18-11-16(12-19(21)22-18)23-24(13(2)3,14(4)5)15(6)7/h13-18H,8-12H2,1-7H3/t16-,17+,18-/m0/s1. The normalized spacial score (nSPS) is 23.9. The summed E-state index contributed by atoms with van der Waals surface area (Å²) in [5.41, 5.74) is 1.64. The van der Waals surface area contributed by atoms with E-state index in [1.54, 1.807) is 0 Å². The Kier molecular flexibility index (Phi) is 9.25. The Hall–Kier alpha value is 0.377. The molecule has 0 spiro atoms. The molecule has 3 atom stereocenters. The van der Waals surface area contributed by atoms with Crippen LogP contribution in [0.3, 0.4) is 0 Å². The molecule has 1 heterocycles. The third kappa shape index (κ3) is 5.43. The van der Waals surface area contributed by atoms with E-state index in [4.69, 9.17) is 9.16 Å². The summed E-state index contributed by atoms with van der Waals surface area (Å²) in [4.78, 5) is 12.2. The van der Waals surface area contributed by atoms with E-state index in [1.165, 1.54) is 12.8 Å². The highest BCUT2D eigenvalue weighted by Gasteiger charge is 2.48. The van der Waals surface area contributed by atoms with E-state index >= 15 is 0 Å². The fourth-order valence-corrected chi connectivity index (χ4v) is 10.8. The molecule has 0 aromatic carbocycles. The fraction of sp³-hybridized carbons (Fsp3) is 0.947. The highest BCUT2D eigenvalue weighted by molar-refractivity contribution is 14.1. The van der Waals surface area contributed by atoms with Crippen molar-refractivity contribution in [1.82, 2.24) is 0 Å². The molecule has 1 aliphatic rings. The van der Waals surface area contributed by atoms with Gasteiger partial charge in [0.15, 0.2) is 0 Å². The van der Waals surface area contributed by atoms with Gasteiger partial charge in [0, 0.05) is 10.3 Å². The molecule has 5 heteroatoms. The average Bonchev–Trinajstić information content (AvgIpc) is 2.48. The van der Waals surface area contributed by atoms with Crippen LogP contribution in [-0.2, 0) is 14.0 Å². The number of carbonyl (C=O) groups is 1. The van der Waals surface area contributed by atoms with Crippen molar-refractivity contribution in [2.45, 2.75) is 113 Å². The lowest BCUT2D eigenvalue weighted by molar-refractivity contribution is -0.159. The third-order valence-corrected chi connectivity index (χ3v) is 13.1. The fourth-order valence-electron chi connectivity index (χ4n) is 4.39. The quantitative estimate of drug-likeness (QED) is 0.174. The lowest BCUT2D eigenvalue weighted by Crippen LogP contribution is -2.52. The van der Waals surface area contributed by atoms with E-state index in [0.717, 1.165) is 12.8 Å². The largest absolute Gasteiger partial charge is 0.461 e. The van der Waals surface area contributed by atoms with Gasteiger partial charge < -0.3 is 9.16 Å². The van der Waals surface area contributed by atoms with Gasteiger partial charge in [-0.05, 0) is 23.0 Å². The molecule has 0 aromatic heterocycles. The van der Waals surface area contributed by atoms with E-state index in [0.29, 0.717) is 27.0 Å². The number of hydrogen-bond acceptors (Lipinski definition) is 3. The Morgan fingerprint density at radius 2 is 1.71 bits per heavy atom. The second kappa shape index (κ2) is 9.90. The molecule has 0 bridgehead atoms. The summed E-state index contributed by atoms with van der Waals surface area (Å²) in [5.74, 6) is -0.0754. The van der Waals surface area contributed by atoms with E-state index in [-0.39, 0.29) is 18.2 Å². The van der Waals surface area contributed by atoms with Gasteiger partial charge in [0.1, 0.15) is 6.10 Å². The summed E-state index contributed by atoms with van der Waals surface area (Å²) in [6.45, 7) is 16.0. The van der Waals surface area contributed by atoms with Gasteiger partial charge in [0.25, 0.3) is 0 Å². The molecule has 3 nitrogen and oxygen atoms in total. The van der Waals surface area contributed by atoms with Gasteiger partial charge in [-0.3, -0.25) is 4.79 Å². The van der Waals surface area contributed by atoms with Crippen LogP contribution in [0.25, 0.3) is 0 Å². The van der Waals surface area contributed by atoms with E-state index < -0.39 is 8.32 Å². The number of alkyl halides is 1. The molecule has 0 unspecified atom stereocenters. The van der Waals surface area contributed by atoms with E-state index in [9.17, 15) is 4.79 Å². The Morgan fingerprint density at radius 1 is 1.17 bits per heavy atom. The molecule has 1 saturated heterocycles. The summed E-state index contributed by atoms with van der Waals surface area (Å²) >= 11 is 2.46. The van der Waals surface area contributed by atoms with Crippen LogP contribution in [0.4, 0.5) is 0 Å². The second-order valence-electron chi connectivity index (χ2n) is 8.18. The number of halogens is 1. The maximum atomic E-state index is 12.2. The molecule has 1 fully saturated rings. The Labute approximate surface area is 163 Å². The number of hydrogen-bond donors (Lipinski definition) is 0. The molecule has 1 rings (SSSR count). The van der Waals surface area contributed by atoms with Crippen molar-refractivity contribution in [2.75, 3.05) is 0 Å². The number of unbranched alkanes of at least 4 members (excludes halogenated alkanes) is 1. The summed E-state index contributed by atoms with van der Waals surface area (Å²) in [5, 5.41) is 0. The first-order valence-electron chi connectivity index (χ1n) is 9.66. The zero-order valence-corrected chi connectivity index (χ0v) is 19.8. The van der Waals surface area contributed by atoms with Crippen molar-refractivity contribution in [2.24, 2.45) is 0 Å². The van der Waals surface area contributed by atoms with Crippen molar-refractivity contribution >= 4 is 36.9 Å². The van der Waals surface area contributed by atoms with Gasteiger partial charge in [0.2, 0.25) is 8.32 Å². The monoisotopic (exact) mass is 468 g/mol. The van der Waals surface area contributed by atoms with Gasteiger partial charge in [-0.2, -0.15) is 0 Å². The molecule has 0 aliphatic carbocycles. The van der Waals surface area contributed by atoms with Crippen LogP contribution in [-0.4, -0.2) is 30.4 Å². The predicted octanol–water partition coefficient (Wildman–Crippen LogP) is 6.25. The highest BCUT2D eigenvalue weighted by atomic mass is 127. The summed E-state index contributed by atoms with van der Waals surface area (Å²) in [7, 11) is -1.94. The minimum Gasteiger partial charge on any atom is -0.461 e. The van der Waals surface area contributed by atoms with Gasteiger partial charge in [-0.15, -0.1) is 0 Å². The van der Waals surface area contributed by atoms with Crippen LogP contribution in [0.5, 0.6) is 0 Å². The Balaban J connectivity index is 2.89. The molecular weight excluding hydrogens is 431 g/mol. The minimum atomic E-state index is -1.94.